The van der Waals surface area contributed by atoms with E-state index >= 15 is 0 Å². The molecule has 3 heterocycles. The molecule has 2 aliphatic rings. The molecule has 7 heteroatoms. The van der Waals surface area contributed by atoms with Crippen LogP contribution in [0.2, 0.25) is 0 Å². The summed E-state index contributed by atoms with van der Waals surface area (Å²) >= 11 is 0. The molecule has 1 aromatic carbocycles. The van der Waals surface area contributed by atoms with Crippen LogP contribution >= 0.6 is 0 Å². The number of hydrogen-bond donors (Lipinski definition) is 2. The van der Waals surface area contributed by atoms with E-state index < -0.39 is 0 Å². The third-order valence-corrected chi connectivity index (χ3v) is 5.06. The van der Waals surface area contributed by atoms with Crippen LogP contribution in [0.3, 0.4) is 0 Å². The lowest BCUT2D eigenvalue weighted by Crippen LogP contribution is -2.36. The first-order valence-electron chi connectivity index (χ1n) is 9.84. The van der Waals surface area contributed by atoms with E-state index in [1.807, 2.05) is 30.3 Å². The van der Waals surface area contributed by atoms with Gasteiger partial charge >= 0.3 is 0 Å². The van der Waals surface area contributed by atoms with Gasteiger partial charge in [0.2, 0.25) is 0 Å². The van der Waals surface area contributed by atoms with Crippen molar-refractivity contribution in [3.63, 3.8) is 0 Å². The summed E-state index contributed by atoms with van der Waals surface area (Å²) in [6.07, 6.45) is 4.05. The van der Waals surface area contributed by atoms with Gasteiger partial charge < -0.3 is 25.0 Å². The van der Waals surface area contributed by atoms with Gasteiger partial charge in [-0.05, 0) is 37.1 Å². The minimum Gasteiger partial charge on any atom is -0.378 e. The summed E-state index contributed by atoms with van der Waals surface area (Å²) in [5.41, 5.74) is 2.34. The van der Waals surface area contributed by atoms with E-state index in [1.54, 1.807) is 12.3 Å². The number of aromatic nitrogens is 1. The van der Waals surface area contributed by atoms with Crippen molar-refractivity contribution in [1.82, 2.24) is 4.98 Å². The van der Waals surface area contributed by atoms with Crippen LogP contribution in [0, 0.1) is 0 Å². The maximum Gasteiger partial charge on any atom is 0.257 e. The monoisotopic (exact) mass is 382 g/mol. The Balaban J connectivity index is 1.38. The Kier molecular flexibility index (Phi) is 6.04. The second-order valence-electron chi connectivity index (χ2n) is 7.02. The van der Waals surface area contributed by atoms with E-state index in [0.29, 0.717) is 18.8 Å². The van der Waals surface area contributed by atoms with Gasteiger partial charge in [-0.1, -0.05) is 12.1 Å². The highest BCUT2D eigenvalue weighted by atomic mass is 16.5. The predicted molar refractivity (Wildman–Crippen MR) is 109 cm³/mol. The fourth-order valence-electron chi connectivity index (χ4n) is 3.51. The van der Waals surface area contributed by atoms with Gasteiger partial charge in [0.05, 0.1) is 36.3 Å². The molecule has 1 atom stereocenters. The SMILES string of the molecule is O=C(Nc1ccccc1N1CCOCC1)c1ccc(NCC2CCCO2)nc1. The van der Waals surface area contributed by atoms with Gasteiger partial charge in [0.25, 0.3) is 5.91 Å². The van der Waals surface area contributed by atoms with Crippen LogP contribution < -0.4 is 15.5 Å². The molecule has 7 nitrogen and oxygen atoms in total. The average Bonchev–Trinajstić information content (AvgIpc) is 3.27. The lowest BCUT2D eigenvalue weighted by molar-refractivity contribution is 0.102. The molecule has 148 valence electrons. The number of amides is 1. The Morgan fingerprint density at radius 2 is 2.00 bits per heavy atom. The summed E-state index contributed by atoms with van der Waals surface area (Å²) in [6.45, 7) is 4.62. The number of carbonyl (C=O) groups is 1. The summed E-state index contributed by atoms with van der Waals surface area (Å²) in [4.78, 5) is 19.3. The van der Waals surface area contributed by atoms with Crippen LogP contribution in [0.15, 0.2) is 42.6 Å². The van der Waals surface area contributed by atoms with Crippen LogP contribution in [-0.2, 0) is 9.47 Å². The lowest BCUT2D eigenvalue weighted by Gasteiger charge is -2.30. The van der Waals surface area contributed by atoms with Gasteiger partial charge in [0, 0.05) is 32.4 Å². The van der Waals surface area contributed by atoms with Crippen molar-refractivity contribution in [2.75, 3.05) is 55.0 Å². The Hall–Kier alpha value is -2.64. The number of morpholine rings is 1. The molecule has 2 aromatic rings. The van der Waals surface area contributed by atoms with E-state index in [0.717, 1.165) is 56.3 Å². The Morgan fingerprint density at radius 1 is 1.14 bits per heavy atom. The molecule has 1 amide bonds. The van der Waals surface area contributed by atoms with Gasteiger partial charge in [-0.2, -0.15) is 0 Å². The van der Waals surface area contributed by atoms with Gasteiger partial charge in [-0.3, -0.25) is 4.79 Å². The van der Waals surface area contributed by atoms with E-state index in [-0.39, 0.29) is 12.0 Å². The van der Waals surface area contributed by atoms with Crippen molar-refractivity contribution in [2.45, 2.75) is 18.9 Å². The van der Waals surface area contributed by atoms with Crippen LogP contribution in [0.5, 0.6) is 0 Å². The van der Waals surface area contributed by atoms with Gasteiger partial charge in [-0.15, -0.1) is 0 Å². The van der Waals surface area contributed by atoms with Crippen LogP contribution in [0.4, 0.5) is 17.2 Å². The number of hydrogen-bond acceptors (Lipinski definition) is 6. The third-order valence-electron chi connectivity index (χ3n) is 5.06. The number of nitrogens with zero attached hydrogens (tertiary/aromatic N) is 2. The maximum absolute atomic E-state index is 12.7. The van der Waals surface area contributed by atoms with Crippen molar-refractivity contribution in [3.05, 3.63) is 48.2 Å². The maximum atomic E-state index is 12.7. The first-order chi connectivity index (χ1) is 13.8. The summed E-state index contributed by atoms with van der Waals surface area (Å²) < 4.78 is 11.0. The fourth-order valence-corrected chi connectivity index (χ4v) is 3.51. The standard InChI is InChI=1S/C21H26N4O3/c26-21(16-7-8-20(22-14-16)23-15-17-4-3-11-28-17)24-18-5-1-2-6-19(18)25-9-12-27-13-10-25/h1-2,5-8,14,17H,3-4,9-13,15H2,(H,22,23)(H,24,26). The molecule has 2 aliphatic heterocycles. The first-order valence-corrected chi connectivity index (χ1v) is 9.84. The number of para-hydroxylation sites is 2. The number of nitrogens with one attached hydrogen (secondary N) is 2. The van der Waals surface area contributed by atoms with E-state index in [9.17, 15) is 4.79 Å². The first kappa shape index (κ1) is 18.7. The minimum absolute atomic E-state index is 0.168. The molecular weight excluding hydrogens is 356 g/mol. The summed E-state index contributed by atoms with van der Waals surface area (Å²) in [7, 11) is 0. The summed E-state index contributed by atoms with van der Waals surface area (Å²) in [5, 5.41) is 6.29. The highest BCUT2D eigenvalue weighted by Crippen LogP contribution is 2.26. The topological polar surface area (TPSA) is 75.7 Å². The highest BCUT2D eigenvalue weighted by molar-refractivity contribution is 6.05. The number of pyridine rings is 1. The van der Waals surface area contributed by atoms with Crippen molar-refractivity contribution < 1.29 is 14.3 Å². The molecule has 2 N–H and O–H groups in total. The Bertz CT molecular complexity index is 784. The molecule has 4 rings (SSSR count). The van der Waals surface area contributed by atoms with E-state index in [2.05, 4.69) is 20.5 Å². The molecule has 2 fully saturated rings. The predicted octanol–water partition coefficient (Wildman–Crippen LogP) is 2.76. The van der Waals surface area contributed by atoms with E-state index in [4.69, 9.17) is 9.47 Å². The van der Waals surface area contributed by atoms with Crippen molar-refractivity contribution in [3.8, 4) is 0 Å². The summed E-state index contributed by atoms with van der Waals surface area (Å²) in [6, 6.07) is 11.5. The third kappa shape index (κ3) is 4.61. The smallest absolute Gasteiger partial charge is 0.257 e. The molecule has 1 aromatic heterocycles. The van der Waals surface area contributed by atoms with Crippen molar-refractivity contribution >= 4 is 23.1 Å². The quantitative estimate of drug-likeness (QED) is 0.800. The Morgan fingerprint density at radius 3 is 2.75 bits per heavy atom. The second-order valence-corrected chi connectivity index (χ2v) is 7.02. The zero-order chi connectivity index (χ0) is 19.2. The molecule has 28 heavy (non-hydrogen) atoms. The average molecular weight is 382 g/mol. The second kappa shape index (κ2) is 9.03. The molecule has 0 aliphatic carbocycles. The van der Waals surface area contributed by atoms with Gasteiger partial charge in [0.15, 0.2) is 0 Å². The highest BCUT2D eigenvalue weighted by Gasteiger charge is 2.17. The molecule has 0 radical (unpaired) electrons. The lowest BCUT2D eigenvalue weighted by atomic mass is 10.2. The largest absolute Gasteiger partial charge is 0.378 e. The fraction of sp³-hybridized carbons (Fsp3) is 0.429. The number of anilines is 3. The van der Waals surface area contributed by atoms with E-state index in [1.165, 1.54) is 0 Å². The summed E-state index contributed by atoms with van der Waals surface area (Å²) in [5.74, 6) is 0.583. The molecule has 0 saturated carbocycles. The zero-order valence-corrected chi connectivity index (χ0v) is 15.9. The van der Waals surface area contributed by atoms with Crippen molar-refractivity contribution in [2.24, 2.45) is 0 Å². The van der Waals surface area contributed by atoms with Crippen molar-refractivity contribution in [1.29, 1.82) is 0 Å². The normalized spacial score (nSPS) is 19.4. The van der Waals surface area contributed by atoms with Gasteiger partial charge in [-0.25, -0.2) is 4.98 Å². The van der Waals surface area contributed by atoms with Gasteiger partial charge in [0.1, 0.15) is 5.82 Å². The number of benzene rings is 1. The number of carbonyl (C=O) groups excluding carboxylic acids is 1. The number of rotatable bonds is 6. The molecule has 1 unspecified atom stereocenters. The molecular formula is C21H26N4O3. The molecule has 0 spiro atoms. The minimum atomic E-state index is -0.168. The Labute approximate surface area is 165 Å². The van der Waals surface area contributed by atoms with Crippen LogP contribution in [0.25, 0.3) is 0 Å². The molecule has 2 saturated heterocycles. The molecule has 0 bridgehead atoms. The zero-order valence-electron chi connectivity index (χ0n) is 15.9. The van der Waals surface area contributed by atoms with Crippen LogP contribution in [-0.4, -0.2) is 56.5 Å². The number of ether oxygens (including phenoxy) is 2. The van der Waals surface area contributed by atoms with Crippen LogP contribution in [0.1, 0.15) is 23.2 Å².